The molecular formula is C23H26O8. The van der Waals surface area contributed by atoms with Crippen LogP contribution in [0.4, 0.5) is 0 Å². The molecule has 8 nitrogen and oxygen atoms in total. The van der Waals surface area contributed by atoms with E-state index in [-0.39, 0.29) is 6.42 Å². The predicted octanol–water partition coefficient (Wildman–Crippen LogP) is 2.63. The van der Waals surface area contributed by atoms with Gasteiger partial charge in [0.1, 0.15) is 6.10 Å². The van der Waals surface area contributed by atoms with Crippen molar-refractivity contribution >= 4 is 17.9 Å². The van der Waals surface area contributed by atoms with Gasteiger partial charge < -0.3 is 23.7 Å². The fourth-order valence-electron chi connectivity index (χ4n) is 5.68. The molecule has 1 aliphatic heterocycles. The molecule has 1 N–H and O–H groups in total. The molecule has 0 spiro atoms. The molecule has 0 bridgehead atoms. The van der Waals surface area contributed by atoms with Crippen molar-refractivity contribution in [2.45, 2.75) is 51.4 Å². The van der Waals surface area contributed by atoms with E-state index in [4.69, 9.17) is 18.6 Å². The zero-order valence-electron chi connectivity index (χ0n) is 17.9. The number of hydrogen-bond donors (Lipinski definition) is 1. The highest BCUT2D eigenvalue weighted by Gasteiger charge is 2.70. The third-order valence-corrected chi connectivity index (χ3v) is 7.21. The van der Waals surface area contributed by atoms with Gasteiger partial charge in [0.15, 0.2) is 0 Å². The normalized spacial score (nSPS) is 38.9. The maximum atomic E-state index is 13.4. The summed E-state index contributed by atoms with van der Waals surface area (Å²) in [5, 5.41) is 10.6. The Balaban J connectivity index is 1.91. The van der Waals surface area contributed by atoms with Crippen LogP contribution in [0.2, 0.25) is 0 Å². The second kappa shape index (κ2) is 7.09. The van der Waals surface area contributed by atoms with Gasteiger partial charge in [-0.1, -0.05) is 19.9 Å². The van der Waals surface area contributed by atoms with Gasteiger partial charge in [-0.2, -0.15) is 0 Å². The lowest BCUT2D eigenvalue weighted by atomic mass is 9.46. The number of carbonyl (C=O) groups excluding carboxylic acids is 3. The summed E-state index contributed by atoms with van der Waals surface area (Å²) >= 11 is 0. The minimum atomic E-state index is -1.68. The molecule has 0 radical (unpaired) electrons. The lowest BCUT2D eigenvalue weighted by Crippen LogP contribution is -2.67. The molecule has 0 aromatic carbocycles. The van der Waals surface area contributed by atoms with Crippen molar-refractivity contribution in [3.8, 4) is 0 Å². The monoisotopic (exact) mass is 430 g/mol. The van der Waals surface area contributed by atoms with Gasteiger partial charge in [-0.25, -0.2) is 9.59 Å². The van der Waals surface area contributed by atoms with E-state index >= 15 is 0 Å². The molecule has 1 aromatic rings. The van der Waals surface area contributed by atoms with Gasteiger partial charge in [0, 0.05) is 28.9 Å². The highest BCUT2D eigenvalue weighted by molar-refractivity contribution is 5.92. The number of cyclic esters (lactones) is 1. The number of carbonyl (C=O) groups is 3. The van der Waals surface area contributed by atoms with E-state index in [9.17, 15) is 19.5 Å². The average molecular weight is 430 g/mol. The quantitative estimate of drug-likeness (QED) is 0.442. The largest absolute Gasteiger partial charge is 0.472 e. The van der Waals surface area contributed by atoms with E-state index in [1.165, 1.54) is 38.7 Å². The van der Waals surface area contributed by atoms with Gasteiger partial charge in [0.05, 0.1) is 25.7 Å². The van der Waals surface area contributed by atoms with Crippen LogP contribution in [0.1, 0.15) is 45.3 Å². The molecule has 1 fully saturated rings. The number of esters is 3. The van der Waals surface area contributed by atoms with Crippen molar-refractivity contribution in [2.75, 3.05) is 7.11 Å². The van der Waals surface area contributed by atoms with Crippen LogP contribution in [0.25, 0.3) is 0 Å². The van der Waals surface area contributed by atoms with Crippen molar-refractivity contribution in [3.63, 3.8) is 0 Å². The first-order chi connectivity index (χ1) is 14.6. The molecule has 1 saturated heterocycles. The zero-order valence-corrected chi connectivity index (χ0v) is 17.9. The molecule has 3 aliphatic rings. The van der Waals surface area contributed by atoms with Crippen LogP contribution in [0, 0.1) is 16.7 Å². The number of aliphatic hydroxyl groups is 1. The van der Waals surface area contributed by atoms with Gasteiger partial charge >= 0.3 is 17.9 Å². The summed E-state index contributed by atoms with van der Waals surface area (Å²) in [5.74, 6) is -2.30. The molecular weight excluding hydrogens is 404 g/mol. The van der Waals surface area contributed by atoms with Crippen molar-refractivity contribution in [1.29, 1.82) is 0 Å². The fraction of sp³-hybridized carbons (Fsp3) is 0.522. The van der Waals surface area contributed by atoms with Gasteiger partial charge in [0.25, 0.3) is 0 Å². The van der Waals surface area contributed by atoms with Crippen LogP contribution < -0.4 is 0 Å². The number of rotatable bonds is 3. The maximum Gasteiger partial charge on any atom is 0.355 e. The van der Waals surface area contributed by atoms with Crippen LogP contribution in [0.15, 0.2) is 46.8 Å². The van der Waals surface area contributed by atoms with Gasteiger partial charge in [0.2, 0.25) is 5.60 Å². The Kier molecular flexibility index (Phi) is 4.88. The van der Waals surface area contributed by atoms with Crippen molar-refractivity contribution in [1.82, 2.24) is 0 Å². The molecule has 0 unspecified atom stereocenters. The topological polar surface area (TPSA) is 112 Å². The second-order valence-corrected chi connectivity index (χ2v) is 8.95. The molecule has 166 valence electrons. The number of ether oxygens (including phenoxy) is 3. The summed E-state index contributed by atoms with van der Waals surface area (Å²) in [6.45, 7) is 4.96. The number of furan rings is 1. The van der Waals surface area contributed by atoms with E-state index in [0.717, 1.165) is 0 Å². The van der Waals surface area contributed by atoms with Gasteiger partial charge in [-0.05, 0) is 37.0 Å². The first-order valence-electron chi connectivity index (χ1n) is 10.2. The summed E-state index contributed by atoms with van der Waals surface area (Å²) in [5.41, 5.74) is -2.52. The van der Waals surface area contributed by atoms with Crippen LogP contribution in [-0.2, 0) is 28.6 Å². The van der Waals surface area contributed by atoms with Crippen molar-refractivity contribution in [3.05, 3.63) is 48.0 Å². The van der Waals surface area contributed by atoms with Gasteiger partial charge in [-0.3, -0.25) is 4.79 Å². The van der Waals surface area contributed by atoms with Gasteiger partial charge in [-0.15, -0.1) is 0 Å². The van der Waals surface area contributed by atoms with E-state index in [2.05, 4.69) is 0 Å². The molecule has 31 heavy (non-hydrogen) atoms. The van der Waals surface area contributed by atoms with Crippen LogP contribution >= 0.6 is 0 Å². The van der Waals surface area contributed by atoms with Crippen molar-refractivity contribution in [2.24, 2.45) is 16.7 Å². The van der Waals surface area contributed by atoms with E-state index in [1.807, 2.05) is 13.8 Å². The second-order valence-electron chi connectivity index (χ2n) is 8.95. The number of hydrogen-bond acceptors (Lipinski definition) is 8. The number of fused-ring (bicyclic) bond motifs is 3. The lowest BCUT2D eigenvalue weighted by Gasteiger charge is -2.60. The Hall–Kier alpha value is -2.87. The first kappa shape index (κ1) is 21.4. The molecule has 1 aromatic heterocycles. The van der Waals surface area contributed by atoms with Crippen molar-refractivity contribution < 1.29 is 38.1 Å². The standard InChI is InChI=1S/C23H26O8/c1-13(24)31-23-7-6-21(2)16(19(26)28-4)9-15(25)10-18(21)22(23,3)11-17(30-20(23)27)14-5-8-29-12-14/h5-9,12,15,17-18,25H,10-11H2,1-4H3/t15-,17-,18+,21-,22-,23-/m0/s1. The summed E-state index contributed by atoms with van der Waals surface area (Å²) in [6.07, 6.45) is 6.77. The molecule has 8 heteroatoms. The minimum Gasteiger partial charge on any atom is -0.472 e. The summed E-state index contributed by atoms with van der Waals surface area (Å²) < 4.78 is 21.5. The Labute approximate surface area is 179 Å². The summed E-state index contributed by atoms with van der Waals surface area (Å²) in [7, 11) is 1.28. The lowest BCUT2D eigenvalue weighted by molar-refractivity contribution is -0.228. The zero-order chi connectivity index (χ0) is 22.6. The highest BCUT2D eigenvalue weighted by Crippen LogP contribution is 2.64. The maximum absolute atomic E-state index is 13.4. The summed E-state index contributed by atoms with van der Waals surface area (Å²) in [4.78, 5) is 38.0. The molecule has 2 aliphatic carbocycles. The first-order valence-corrected chi connectivity index (χ1v) is 10.2. The van der Waals surface area contributed by atoms with E-state index in [0.29, 0.717) is 17.6 Å². The third kappa shape index (κ3) is 2.96. The molecule has 2 heterocycles. The highest BCUT2D eigenvalue weighted by atomic mass is 16.6. The Morgan fingerprint density at radius 2 is 2.00 bits per heavy atom. The van der Waals surface area contributed by atoms with E-state index in [1.54, 1.807) is 12.1 Å². The number of allylic oxidation sites excluding steroid dienone is 1. The smallest absolute Gasteiger partial charge is 0.355 e. The summed E-state index contributed by atoms with van der Waals surface area (Å²) in [6, 6.07) is 1.72. The molecule has 4 rings (SSSR count). The Bertz CT molecular complexity index is 976. The molecule has 0 saturated carbocycles. The number of aliphatic hydroxyl groups excluding tert-OH is 1. The third-order valence-electron chi connectivity index (χ3n) is 7.21. The Morgan fingerprint density at radius 1 is 1.26 bits per heavy atom. The number of methoxy groups -OCH3 is 1. The molecule has 0 amide bonds. The van der Waals surface area contributed by atoms with Crippen LogP contribution in [0.3, 0.4) is 0 Å². The van der Waals surface area contributed by atoms with Crippen LogP contribution in [-0.4, -0.2) is 41.8 Å². The SMILES string of the molecule is COC(=O)C1=C[C@H](O)C[C@@H]2[C@@]1(C)C=C[C@]1(OC(C)=O)C(=O)O[C@H](c3ccoc3)C[C@@]21C. The average Bonchev–Trinajstić information content (AvgIpc) is 3.24. The van der Waals surface area contributed by atoms with E-state index < -0.39 is 52.5 Å². The molecule has 6 atom stereocenters. The Morgan fingerprint density at radius 3 is 2.61 bits per heavy atom. The minimum absolute atomic E-state index is 0.270. The fourth-order valence-corrected chi connectivity index (χ4v) is 5.68. The predicted molar refractivity (Wildman–Crippen MR) is 106 cm³/mol. The van der Waals surface area contributed by atoms with Crippen LogP contribution in [0.5, 0.6) is 0 Å².